The topological polar surface area (TPSA) is 99.9 Å². The van der Waals surface area contributed by atoms with Crippen molar-refractivity contribution in [3.8, 4) is 22.6 Å². The third kappa shape index (κ3) is 7.56. The maximum absolute atomic E-state index is 15.8. The lowest BCUT2D eigenvalue weighted by atomic mass is 9.98. The maximum atomic E-state index is 15.8. The highest BCUT2D eigenvalue weighted by molar-refractivity contribution is 7.84. The molecule has 0 amide bonds. The number of rotatable bonds is 11. The number of methoxy groups -OCH3 is 1. The number of furan rings is 1. The molecule has 2 aromatic heterocycles. The van der Waals surface area contributed by atoms with Gasteiger partial charge in [-0.2, -0.15) is 13.2 Å². The van der Waals surface area contributed by atoms with Gasteiger partial charge in [-0.05, 0) is 57.5 Å². The standard InChI is InChI=1S/C31H32F4N2O6S/c1-6-41-27(38)13-19-7-8-20(40-5)14-26(19)42-16-18-11-22(29-23(12-18)24(17-43-29)31(33,34)35)21-9-10-36-25(28(21)32)15-37-44(39)30(2,3)4/h7-12,14,17,37H,6,13,15-16H2,1-5H3/t44-/m0/s1. The Hall–Kier alpha value is -3.97. The number of nitrogens with one attached hydrogen (secondary N) is 1. The summed E-state index contributed by atoms with van der Waals surface area (Å²) in [6, 6.07) is 8.89. The van der Waals surface area contributed by atoms with E-state index in [0.29, 0.717) is 17.6 Å². The zero-order valence-electron chi connectivity index (χ0n) is 24.8. The van der Waals surface area contributed by atoms with E-state index in [9.17, 15) is 22.2 Å². The summed E-state index contributed by atoms with van der Waals surface area (Å²) >= 11 is 0. The highest BCUT2D eigenvalue weighted by Gasteiger charge is 2.35. The fourth-order valence-corrected chi connectivity index (χ4v) is 5.04. The number of carbonyl (C=O) groups is 1. The molecule has 0 spiro atoms. The van der Waals surface area contributed by atoms with Crippen LogP contribution in [0.5, 0.6) is 11.5 Å². The lowest BCUT2D eigenvalue weighted by Gasteiger charge is -2.18. The normalized spacial score (nSPS) is 12.8. The quantitative estimate of drug-likeness (QED) is 0.141. The molecule has 2 heterocycles. The number of ether oxygens (including phenoxy) is 3. The van der Waals surface area contributed by atoms with Crippen LogP contribution in [0, 0.1) is 5.82 Å². The van der Waals surface area contributed by atoms with Gasteiger partial charge in [-0.3, -0.25) is 9.78 Å². The largest absolute Gasteiger partial charge is 0.497 e. The molecule has 2 aromatic carbocycles. The smallest absolute Gasteiger partial charge is 0.420 e. The van der Waals surface area contributed by atoms with Crippen molar-refractivity contribution in [2.75, 3.05) is 13.7 Å². The minimum absolute atomic E-state index is 0.0482. The fourth-order valence-electron chi connectivity index (χ4n) is 4.34. The van der Waals surface area contributed by atoms with Crippen LogP contribution in [-0.4, -0.2) is 33.6 Å². The van der Waals surface area contributed by atoms with E-state index in [2.05, 4.69) is 9.71 Å². The second-order valence-corrected chi connectivity index (χ2v) is 12.8. The molecule has 4 aromatic rings. The summed E-state index contributed by atoms with van der Waals surface area (Å²) in [5, 5.41) is -0.282. The van der Waals surface area contributed by atoms with Crippen molar-refractivity contribution in [1.82, 2.24) is 9.71 Å². The van der Waals surface area contributed by atoms with Gasteiger partial charge in [0.2, 0.25) is 0 Å². The molecule has 13 heteroatoms. The molecular weight excluding hydrogens is 604 g/mol. The molecular formula is C31H32F4N2O6S. The fraction of sp³-hybridized carbons (Fsp3) is 0.355. The van der Waals surface area contributed by atoms with Gasteiger partial charge >= 0.3 is 12.1 Å². The molecule has 0 bridgehead atoms. The molecule has 0 aliphatic rings. The molecule has 0 aliphatic carbocycles. The number of halogens is 4. The Morgan fingerprint density at radius 1 is 1.09 bits per heavy atom. The van der Waals surface area contributed by atoms with Gasteiger partial charge in [0.1, 0.15) is 35.5 Å². The lowest BCUT2D eigenvalue weighted by Crippen LogP contribution is -2.33. The van der Waals surface area contributed by atoms with Gasteiger partial charge in [0, 0.05) is 34.3 Å². The lowest BCUT2D eigenvalue weighted by molar-refractivity contribution is -0.142. The molecule has 4 rings (SSSR count). The van der Waals surface area contributed by atoms with Crippen LogP contribution < -0.4 is 14.2 Å². The number of fused-ring (bicyclic) bond motifs is 1. The highest BCUT2D eigenvalue weighted by Crippen LogP contribution is 2.41. The minimum Gasteiger partial charge on any atom is -0.497 e. The first kappa shape index (κ1) is 32.9. The molecule has 0 saturated carbocycles. The van der Waals surface area contributed by atoms with E-state index in [4.69, 9.17) is 18.6 Å². The predicted octanol–water partition coefficient (Wildman–Crippen LogP) is 6.90. The number of aromatic nitrogens is 1. The van der Waals surface area contributed by atoms with E-state index < -0.39 is 39.3 Å². The number of carbonyl (C=O) groups excluding carboxylic acids is 1. The average molecular weight is 637 g/mol. The van der Waals surface area contributed by atoms with Crippen molar-refractivity contribution < 1.29 is 45.2 Å². The van der Waals surface area contributed by atoms with Crippen LogP contribution in [-0.2, 0) is 46.3 Å². The monoisotopic (exact) mass is 636 g/mol. The van der Waals surface area contributed by atoms with Crippen LogP contribution in [0.2, 0.25) is 0 Å². The Balaban J connectivity index is 1.76. The number of hydrogen-bond acceptors (Lipinski definition) is 7. The molecule has 0 saturated heterocycles. The van der Waals surface area contributed by atoms with Crippen molar-refractivity contribution in [1.29, 1.82) is 0 Å². The number of benzene rings is 2. The Labute approximate surface area is 254 Å². The average Bonchev–Trinajstić information content (AvgIpc) is 3.40. The Kier molecular flexibility index (Phi) is 9.99. The summed E-state index contributed by atoms with van der Waals surface area (Å²) in [7, 11) is -0.0611. The maximum Gasteiger partial charge on any atom is 0.420 e. The number of esters is 1. The van der Waals surface area contributed by atoms with Crippen molar-refractivity contribution in [2.45, 2.75) is 58.2 Å². The molecule has 8 nitrogen and oxygen atoms in total. The van der Waals surface area contributed by atoms with Crippen LogP contribution in [0.25, 0.3) is 22.1 Å². The zero-order valence-corrected chi connectivity index (χ0v) is 25.6. The third-order valence-electron chi connectivity index (χ3n) is 6.53. The second kappa shape index (κ2) is 13.3. The third-order valence-corrected chi connectivity index (χ3v) is 8.05. The van der Waals surface area contributed by atoms with Gasteiger partial charge in [-0.15, -0.1) is 0 Å². The van der Waals surface area contributed by atoms with Crippen molar-refractivity contribution in [2.24, 2.45) is 0 Å². The molecule has 0 unspecified atom stereocenters. The van der Waals surface area contributed by atoms with Crippen LogP contribution in [0.1, 0.15) is 50.1 Å². The zero-order chi connectivity index (χ0) is 32.2. The van der Waals surface area contributed by atoms with Crippen molar-refractivity contribution in [3.63, 3.8) is 0 Å². The van der Waals surface area contributed by atoms with Gasteiger partial charge in [0.15, 0.2) is 5.82 Å². The van der Waals surface area contributed by atoms with E-state index in [1.807, 2.05) is 0 Å². The molecule has 0 aliphatic heterocycles. The van der Waals surface area contributed by atoms with Gasteiger partial charge in [-0.1, -0.05) is 6.07 Å². The summed E-state index contributed by atoms with van der Waals surface area (Å²) in [5.74, 6) is -0.591. The van der Waals surface area contributed by atoms with Crippen molar-refractivity contribution >= 4 is 27.9 Å². The predicted molar refractivity (Wildman–Crippen MR) is 157 cm³/mol. The molecule has 0 radical (unpaired) electrons. The molecule has 44 heavy (non-hydrogen) atoms. The summed E-state index contributed by atoms with van der Waals surface area (Å²) in [6.45, 7) is 6.71. The Bertz CT molecular complexity index is 1680. The van der Waals surface area contributed by atoms with Crippen LogP contribution in [0.4, 0.5) is 17.6 Å². The second-order valence-electron chi connectivity index (χ2n) is 10.7. The number of nitrogens with zero attached hydrogens (tertiary/aromatic N) is 1. The number of alkyl halides is 3. The summed E-state index contributed by atoms with van der Waals surface area (Å²) < 4.78 is 93.8. The highest BCUT2D eigenvalue weighted by atomic mass is 32.2. The van der Waals surface area contributed by atoms with E-state index in [1.54, 1.807) is 45.9 Å². The number of hydrogen-bond donors (Lipinski definition) is 1. The van der Waals surface area contributed by atoms with Gasteiger partial charge in [0.25, 0.3) is 0 Å². The van der Waals surface area contributed by atoms with E-state index >= 15 is 4.39 Å². The first-order chi connectivity index (χ1) is 20.7. The van der Waals surface area contributed by atoms with E-state index in [-0.39, 0.29) is 65.3 Å². The van der Waals surface area contributed by atoms with Crippen LogP contribution in [0.3, 0.4) is 0 Å². The van der Waals surface area contributed by atoms with Gasteiger partial charge in [-0.25, -0.2) is 13.3 Å². The van der Waals surface area contributed by atoms with Gasteiger partial charge < -0.3 is 18.6 Å². The molecule has 0 fully saturated rings. The van der Waals surface area contributed by atoms with E-state index in [0.717, 1.165) is 0 Å². The molecule has 1 N–H and O–H groups in total. The van der Waals surface area contributed by atoms with Crippen LogP contribution in [0.15, 0.2) is 53.3 Å². The summed E-state index contributed by atoms with van der Waals surface area (Å²) in [6.07, 6.45) is -2.94. The summed E-state index contributed by atoms with van der Waals surface area (Å²) in [4.78, 5) is 16.2. The van der Waals surface area contributed by atoms with E-state index in [1.165, 1.54) is 31.5 Å². The van der Waals surface area contributed by atoms with Crippen molar-refractivity contribution in [3.05, 3.63) is 77.1 Å². The van der Waals surface area contributed by atoms with Crippen LogP contribution >= 0.6 is 0 Å². The minimum atomic E-state index is -4.75. The first-order valence-corrected chi connectivity index (χ1v) is 14.7. The van der Waals surface area contributed by atoms with Gasteiger partial charge in [0.05, 0.1) is 48.1 Å². The summed E-state index contributed by atoms with van der Waals surface area (Å²) in [5.41, 5.74) is -0.532. The Morgan fingerprint density at radius 2 is 1.84 bits per heavy atom. The first-order valence-electron chi connectivity index (χ1n) is 13.6. The molecule has 236 valence electrons. The number of pyridine rings is 1. The molecule has 1 atom stereocenters. The Morgan fingerprint density at radius 3 is 2.50 bits per heavy atom. The SMILES string of the molecule is CCOC(=O)Cc1ccc(OC)cc1OCc1cc(-c2ccnc(CN[S@@](=O)C(C)(C)C)c2F)c2occ(C(F)(F)F)c2c1.